The van der Waals surface area contributed by atoms with Gasteiger partial charge in [0, 0.05) is 5.56 Å². The van der Waals surface area contributed by atoms with Gasteiger partial charge in [-0.3, -0.25) is 0 Å². The Bertz CT molecular complexity index is 734. The van der Waals surface area contributed by atoms with Crippen LogP contribution in [0.25, 0.3) is 11.1 Å². The summed E-state index contributed by atoms with van der Waals surface area (Å²) in [5.74, 6) is 0.459. The van der Waals surface area contributed by atoms with Crippen LogP contribution in [0, 0.1) is 5.82 Å². The number of hydrogen-bond donors (Lipinski definition) is 1. The number of rotatable bonds is 4. The maximum Gasteiger partial charge on any atom is 0.250 e. The molecule has 0 atom stereocenters. The maximum absolute atomic E-state index is 14.2. The molecule has 0 amide bonds. The van der Waals surface area contributed by atoms with Gasteiger partial charge in [0.2, 0.25) is 8.32 Å². The van der Waals surface area contributed by atoms with Gasteiger partial charge in [0.15, 0.2) is 0 Å². The van der Waals surface area contributed by atoms with Crippen LogP contribution in [0.5, 0.6) is 5.75 Å². The Balaban J connectivity index is 2.24. The molecule has 0 spiro atoms. The van der Waals surface area contributed by atoms with Gasteiger partial charge in [0.25, 0.3) is 0 Å². The molecule has 0 radical (unpaired) electrons. The molecular formula is C19H24FNO2Si. The first kappa shape index (κ1) is 18.2. The fourth-order valence-electron chi connectivity index (χ4n) is 2.06. The molecule has 0 aliphatic heterocycles. The van der Waals surface area contributed by atoms with E-state index in [-0.39, 0.29) is 10.9 Å². The van der Waals surface area contributed by atoms with Crippen molar-refractivity contribution in [2.75, 3.05) is 0 Å². The number of hydrogen-bond acceptors (Lipinski definition) is 3. The molecule has 0 aliphatic carbocycles. The number of benzene rings is 2. The zero-order chi connectivity index (χ0) is 18.0. The van der Waals surface area contributed by atoms with Crippen molar-refractivity contribution in [3.05, 3.63) is 53.8 Å². The van der Waals surface area contributed by atoms with Gasteiger partial charge in [-0.2, -0.15) is 0 Å². The zero-order valence-electron chi connectivity index (χ0n) is 14.8. The summed E-state index contributed by atoms with van der Waals surface area (Å²) in [5.41, 5.74) is 1.79. The third kappa shape index (κ3) is 4.03. The third-order valence-corrected chi connectivity index (χ3v) is 8.90. The molecule has 128 valence electrons. The highest BCUT2D eigenvalue weighted by atomic mass is 28.4. The minimum atomic E-state index is -1.88. The van der Waals surface area contributed by atoms with Crippen LogP contribution in [0.1, 0.15) is 26.3 Å². The Kier molecular flexibility index (Phi) is 5.13. The van der Waals surface area contributed by atoms with Gasteiger partial charge in [-0.15, -0.1) is 0 Å². The van der Waals surface area contributed by atoms with E-state index < -0.39 is 8.32 Å². The highest BCUT2D eigenvalue weighted by Crippen LogP contribution is 2.37. The van der Waals surface area contributed by atoms with Crippen molar-refractivity contribution in [1.82, 2.24) is 0 Å². The van der Waals surface area contributed by atoms with Crippen molar-refractivity contribution < 1.29 is 14.0 Å². The molecule has 0 aliphatic rings. The van der Waals surface area contributed by atoms with Gasteiger partial charge in [-0.1, -0.05) is 50.2 Å². The van der Waals surface area contributed by atoms with Gasteiger partial charge in [-0.25, -0.2) is 4.39 Å². The van der Waals surface area contributed by atoms with Crippen LogP contribution in [0.3, 0.4) is 0 Å². The quantitative estimate of drug-likeness (QED) is 0.335. The SMILES string of the molecule is CC(C)(C)[Si](C)(C)Oc1ccc(-c2ccc(/C=N/O)cc2F)cc1. The van der Waals surface area contributed by atoms with Crippen LogP contribution >= 0.6 is 0 Å². The molecule has 2 aromatic carbocycles. The topological polar surface area (TPSA) is 41.8 Å². The number of nitrogens with zero attached hydrogens (tertiary/aromatic N) is 1. The first-order valence-electron chi connectivity index (χ1n) is 7.90. The Labute approximate surface area is 143 Å². The minimum Gasteiger partial charge on any atom is -0.544 e. The third-order valence-electron chi connectivity index (χ3n) is 4.54. The lowest BCUT2D eigenvalue weighted by molar-refractivity contribution is 0.322. The second kappa shape index (κ2) is 6.77. The molecule has 24 heavy (non-hydrogen) atoms. The first-order valence-corrected chi connectivity index (χ1v) is 10.8. The zero-order valence-corrected chi connectivity index (χ0v) is 15.8. The van der Waals surface area contributed by atoms with E-state index in [4.69, 9.17) is 9.63 Å². The molecule has 0 saturated carbocycles. The van der Waals surface area contributed by atoms with Crippen LogP contribution in [-0.2, 0) is 0 Å². The molecular weight excluding hydrogens is 321 g/mol. The molecule has 5 heteroatoms. The van der Waals surface area contributed by atoms with Crippen LogP contribution in [-0.4, -0.2) is 19.7 Å². The summed E-state index contributed by atoms with van der Waals surface area (Å²) >= 11 is 0. The molecule has 0 heterocycles. The summed E-state index contributed by atoms with van der Waals surface area (Å²) in [7, 11) is -1.88. The molecule has 0 unspecified atom stereocenters. The minimum absolute atomic E-state index is 0.127. The van der Waals surface area contributed by atoms with Crippen molar-refractivity contribution in [2.45, 2.75) is 38.9 Å². The van der Waals surface area contributed by atoms with Crippen molar-refractivity contribution in [1.29, 1.82) is 0 Å². The Hall–Kier alpha value is -2.14. The van der Waals surface area contributed by atoms with E-state index in [1.165, 1.54) is 12.3 Å². The highest BCUT2D eigenvalue weighted by Gasteiger charge is 2.38. The molecule has 0 bridgehead atoms. The second-order valence-corrected chi connectivity index (χ2v) is 12.1. The Morgan fingerprint density at radius 2 is 1.71 bits per heavy atom. The Morgan fingerprint density at radius 1 is 1.08 bits per heavy atom. The van der Waals surface area contributed by atoms with Crippen molar-refractivity contribution in [2.24, 2.45) is 5.16 Å². The van der Waals surface area contributed by atoms with E-state index in [1.807, 2.05) is 24.3 Å². The summed E-state index contributed by atoms with van der Waals surface area (Å²) in [4.78, 5) is 0. The fourth-order valence-corrected chi connectivity index (χ4v) is 3.09. The number of oxime groups is 1. The van der Waals surface area contributed by atoms with Gasteiger partial charge < -0.3 is 9.63 Å². The predicted molar refractivity (Wildman–Crippen MR) is 99.0 cm³/mol. The summed E-state index contributed by atoms with van der Waals surface area (Å²) in [6, 6.07) is 12.2. The lowest BCUT2D eigenvalue weighted by Crippen LogP contribution is -2.43. The summed E-state index contributed by atoms with van der Waals surface area (Å²) < 4.78 is 20.5. The predicted octanol–water partition coefficient (Wildman–Crippen LogP) is 5.68. The smallest absolute Gasteiger partial charge is 0.250 e. The van der Waals surface area contributed by atoms with Crippen LogP contribution in [0.2, 0.25) is 18.1 Å². The van der Waals surface area contributed by atoms with E-state index in [0.29, 0.717) is 11.1 Å². The van der Waals surface area contributed by atoms with Gasteiger partial charge in [0.05, 0.1) is 6.21 Å². The molecule has 2 rings (SSSR count). The molecule has 1 N–H and O–H groups in total. The van der Waals surface area contributed by atoms with E-state index in [0.717, 1.165) is 11.3 Å². The first-order chi connectivity index (χ1) is 11.1. The van der Waals surface area contributed by atoms with Gasteiger partial charge >= 0.3 is 0 Å². The lowest BCUT2D eigenvalue weighted by Gasteiger charge is -2.36. The molecule has 3 nitrogen and oxygen atoms in total. The molecule has 0 saturated heterocycles. The van der Waals surface area contributed by atoms with Crippen molar-refractivity contribution in [3.63, 3.8) is 0 Å². The van der Waals surface area contributed by atoms with Crippen molar-refractivity contribution >= 4 is 14.5 Å². The van der Waals surface area contributed by atoms with Crippen LogP contribution in [0.4, 0.5) is 4.39 Å². The fraction of sp³-hybridized carbons (Fsp3) is 0.316. The summed E-state index contributed by atoms with van der Waals surface area (Å²) in [5, 5.41) is 11.6. The molecule has 0 fully saturated rings. The van der Waals surface area contributed by atoms with Crippen LogP contribution < -0.4 is 4.43 Å². The second-order valence-electron chi connectivity index (χ2n) is 7.37. The van der Waals surface area contributed by atoms with E-state index in [1.54, 1.807) is 12.1 Å². The van der Waals surface area contributed by atoms with Gasteiger partial charge in [0.1, 0.15) is 11.6 Å². The highest BCUT2D eigenvalue weighted by molar-refractivity contribution is 6.74. The molecule has 0 aromatic heterocycles. The van der Waals surface area contributed by atoms with E-state index >= 15 is 0 Å². The standard InChI is InChI=1S/C19H24FNO2Si/c1-19(2,3)24(4,5)23-16-9-7-15(8-10-16)17-11-6-14(13-21-22)12-18(17)20/h6-13,22H,1-5H3/b21-13+. The van der Waals surface area contributed by atoms with Crippen LogP contribution in [0.15, 0.2) is 47.6 Å². The van der Waals surface area contributed by atoms with E-state index in [2.05, 4.69) is 39.0 Å². The van der Waals surface area contributed by atoms with Crippen molar-refractivity contribution in [3.8, 4) is 16.9 Å². The normalized spacial score (nSPS) is 12.6. The average molecular weight is 345 g/mol. The van der Waals surface area contributed by atoms with Gasteiger partial charge in [-0.05, 0) is 47.5 Å². The molecule has 2 aromatic rings. The summed E-state index contributed by atoms with van der Waals surface area (Å²) in [6.45, 7) is 11.0. The van der Waals surface area contributed by atoms with E-state index in [9.17, 15) is 4.39 Å². The number of halogens is 1. The Morgan fingerprint density at radius 3 is 2.21 bits per heavy atom. The maximum atomic E-state index is 14.2. The lowest BCUT2D eigenvalue weighted by atomic mass is 10.0. The monoisotopic (exact) mass is 345 g/mol. The summed E-state index contributed by atoms with van der Waals surface area (Å²) in [6.07, 6.45) is 1.20. The largest absolute Gasteiger partial charge is 0.544 e. The average Bonchev–Trinajstić information content (AvgIpc) is 2.47.